The second-order valence-electron chi connectivity index (χ2n) is 2.81. The lowest BCUT2D eigenvalue weighted by Gasteiger charge is -1.86. The minimum atomic E-state index is 0.215. The summed E-state index contributed by atoms with van der Waals surface area (Å²) in [6, 6.07) is 3.81. The molecule has 0 aliphatic carbocycles. The van der Waals surface area contributed by atoms with E-state index >= 15 is 0 Å². The smallest absolute Gasteiger partial charge is 0.155 e. The molecule has 0 radical (unpaired) electrons. The van der Waals surface area contributed by atoms with Gasteiger partial charge in [-0.05, 0) is 6.07 Å². The molecule has 1 saturated heterocycles. The lowest BCUT2D eigenvalue weighted by atomic mass is 10.3. The van der Waals surface area contributed by atoms with Gasteiger partial charge in [0.1, 0.15) is 6.10 Å². The molecule has 1 fully saturated rings. The van der Waals surface area contributed by atoms with E-state index in [0.717, 1.165) is 17.9 Å². The van der Waals surface area contributed by atoms with Gasteiger partial charge in [0.2, 0.25) is 0 Å². The Morgan fingerprint density at radius 3 is 3.25 bits per heavy atom. The number of nitrogens with zero attached hydrogens (tertiary/aromatic N) is 3. The summed E-state index contributed by atoms with van der Waals surface area (Å²) in [5.74, 6) is 0. The molecule has 3 heterocycles. The van der Waals surface area contributed by atoms with Gasteiger partial charge < -0.3 is 4.74 Å². The summed E-state index contributed by atoms with van der Waals surface area (Å²) in [6.07, 6.45) is 3.86. The summed E-state index contributed by atoms with van der Waals surface area (Å²) >= 11 is 0. The molecule has 0 bridgehead atoms. The van der Waals surface area contributed by atoms with Gasteiger partial charge in [0.25, 0.3) is 0 Å². The van der Waals surface area contributed by atoms with E-state index in [0.29, 0.717) is 0 Å². The van der Waals surface area contributed by atoms with Crippen molar-refractivity contribution < 1.29 is 4.74 Å². The third-order valence-corrected chi connectivity index (χ3v) is 1.92. The number of aromatic nitrogens is 3. The summed E-state index contributed by atoms with van der Waals surface area (Å²) < 4.78 is 6.88. The van der Waals surface area contributed by atoms with Crippen LogP contribution in [0.1, 0.15) is 11.8 Å². The fourth-order valence-corrected chi connectivity index (χ4v) is 1.22. The van der Waals surface area contributed by atoms with Gasteiger partial charge in [0.05, 0.1) is 12.3 Å². The van der Waals surface area contributed by atoms with Gasteiger partial charge in [0.15, 0.2) is 5.65 Å². The van der Waals surface area contributed by atoms with Crippen molar-refractivity contribution in [3.8, 4) is 0 Å². The van der Waals surface area contributed by atoms with Crippen LogP contribution in [0.5, 0.6) is 0 Å². The van der Waals surface area contributed by atoms with E-state index in [-0.39, 0.29) is 6.10 Å². The van der Waals surface area contributed by atoms with Crippen LogP contribution in [0.2, 0.25) is 0 Å². The molecule has 1 unspecified atom stereocenters. The van der Waals surface area contributed by atoms with Crippen molar-refractivity contribution in [2.75, 3.05) is 6.61 Å². The number of fused-ring (bicyclic) bond motifs is 1. The summed E-state index contributed by atoms with van der Waals surface area (Å²) in [5.41, 5.74) is 1.86. The predicted octanol–water partition coefficient (Wildman–Crippen LogP) is 0.801. The zero-order chi connectivity index (χ0) is 7.97. The molecule has 0 spiro atoms. The molecule has 2 aromatic heterocycles. The van der Waals surface area contributed by atoms with Crippen LogP contribution in [0, 0.1) is 0 Å². The maximum absolute atomic E-state index is 5.12. The molecule has 4 nitrogen and oxygen atoms in total. The van der Waals surface area contributed by atoms with Crippen molar-refractivity contribution >= 4 is 5.65 Å². The van der Waals surface area contributed by atoms with E-state index in [9.17, 15) is 0 Å². The topological polar surface area (TPSA) is 42.7 Å². The van der Waals surface area contributed by atoms with Crippen molar-refractivity contribution in [1.82, 2.24) is 14.6 Å². The average Bonchev–Trinajstić information content (AvgIpc) is 2.85. The minimum Gasteiger partial charge on any atom is -0.366 e. The first-order valence-corrected chi connectivity index (χ1v) is 3.85. The zero-order valence-electron chi connectivity index (χ0n) is 6.34. The van der Waals surface area contributed by atoms with Gasteiger partial charge in [-0.15, -0.1) is 0 Å². The Labute approximate surface area is 68.8 Å². The predicted molar refractivity (Wildman–Crippen MR) is 41.7 cm³/mol. The van der Waals surface area contributed by atoms with E-state index in [1.165, 1.54) is 0 Å². The highest BCUT2D eigenvalue weighted by Crippen LogP contribution is 2.28. The molecular formula is C8H7N3O. The fourth-order valence-electron chi connectivity index (χ4n) is 1.22. The molecule has 1 aliphatic heterocycles. The largest absolute Gasteiger partial charge is 0.366 e. The number of hydrogen-bond donors (Lipinski definition) is 0. The molecule has 3 rings (SSSR count). The Balaban J connectivity index is 2.23. The third-order valence-electron chi connectivity index (χ3n) is 1.92. The number of rotatable bonds is 1. The Hall–Kier alpha value is -1.42. The quantitative estimate of drug-likeness (QED) is 0.581. The van der Waals surface area contributed by atoms with Crippen LogP contribution in [-0.2, 0) is 4.74 Å². The molecule has 60 valence electrons. The van der Waals surface area contributed by atoms with Crippen LogP contribution < -0.4 is 0 Å². The van der Waals surface area contributed by atoms with Crippen LogP contribution in [-0.4, -0.2) is 21.2 Å². The van der Waals surface area contributed by atoms with Crippen LogP contribution in [0.3, 0.4) is 0 Å². The highest BCUT2D eigenvalue weighted by molar-refractivity contribution is 5.39. The number of epoxide rings is 1. The summed E-state index contributed by atoms with van der Waals surface area (Å²) in [5, 5.41) is 4.30. The van der Waals surface area contributed by atoms with Crippen molar-refractivity contribution in [1.29, 1.82) is 0 Å². The van der Waals surface area contributed by atoms with E-state index in [1.54, 1.807) is 10.7 Å². The highest BCUT2D eigenvalue weighted by Gasteiger charge is 2.27. The van der Waals surface area contributed by atoms with Gasteiger partial charge in [-0.1, -0.05) is 0 Å². The Kier molecular flexibility index (Phi) is 1.04. The maximum atomic E-state index is 5.12. The lowest BCUT2D eigenvalue weighted by Crippen LogP contribution is -1.87. The monoisotopic (exact) mass is 161 g/mol. The Morgan fingerprint density at radius 2 is 2.50 bits per heavy atom. The van der Waals surface area contributed by atoms with Crippen LogP contribution >= 0.6 is 0 Å². The van der Waals surface area contributed by atoms with Gasteiger partial charge in [-0.2, -0.15) is 5.10 Å². The van der Waals surface area contributed by atoms with Crippen molar-refractivity contribution in [3.63, 3.8) is 0 Å². The van der Waals surface area contributed by atoms with Crippen LogP contribution in [0.4, 0.5) is 0 Å². The lowest BCUT2D eigenvalue weighted by molar-refractivity contribution is 0.410. The SMILES string of the molecule is c1cnc2cc(C3CO3)nn2c1. The number of ether oxygens (including phenoxy) is 1. The summed E-state index contributed by atoms with van der Waals surface area (Å²) in [6.45, 7) is 0.796. The normalized spacial score (nSPS) is 21.5. The fraction of sp³-hybridized carbons (Fsp3) is 0.250. The van der Waals surface area contributed by atoms with Gasteiger partial charge >= 0.3 is 0 Å². The first-order valence-electron chi connectivity index (χ1n) is 3.85. The summed E-state index contributed by atoms with van der Waals surface area (Å²) in [4.78, 5) is 4.16. The Morgan fingerprint density at radius 1 is 1.58 bits per heavy atom. The standard InChI is InChI=1S/C8H7N3O/c1-2-9-8-4-6(7-5-12-7)10-11(8)3-1/h1-4,7H,5H2. The Bertz CT molecular complexity index is 386. The van der Waals surface area contributed by atoms with E-state index in [1.807, 2.05) is 18.3 Å². The molecule has 0 amide bonds. The van der Waals surface area contributed by atoms with E-state index in [4.69, 9.17) is 4.74 Å². The van der Waals surface area contributed by atoms with Crippen LogP contribution in [0.15, 0.2) is 24.5 Å². The molecule has 12 heavy (non-hydrogen) atoms. The first kappa shape index (κ1) is 6.14. The van der Waals surface area contributed by atoms with E-state index < -0.39 is 0 Å². The molecule has 1 atom stereocenters. The second-order valence-corrected chi connectivity index (χ2v) is 2.81. The molecule has 0 N–H and O–H groups in total. The number of hydrogen-bond acceptors (Lipinski definition) is 3. The minimum absolute atomic E-state index is 0.215. The van der Waals surface area contributed by atoms with Gasteiger partial charge in [-0.3, -0.25) is 0 Å². The molecule has 0 aromatic carbocycles. The van der Waals surface area contributed by atoms with Crippen LogP contribution in [0.25, 0.3) is 5.65 Å². The molecule has 0 saturated carbocycles. The molecular weight excluding hydrogens is 154 g/mol. The second kappa shape index (κ2) is 2.04. The van der Waals surface area contributed by atoms with Crippen molar-refractivity contribution in [3.05, 3.63) is 30.2 Å². The van der Waals surface area contributed by atoms with Gasteiger partial charge in [-0.25, -0.2) is 9.50 Å². The zero-order valence-corrected chi connectivity index (χ0v) is 6.34. The summed E-state index contributed by atoms with van der Waals surface area (Å²) in [7, 11) is 0. The highest BCUT2D eigenvalue weighted by atomic mass is 16.6. The third kappa shape index (κ3) is 0.816. The molecule has 4 heteroatoms. The molecule has 1 aliphatic rings. The maximum Gasteiger partial charge on any atom is 0.155 e. The first-order chi connectivity index (χ1) is 5.93. The molecule has 2 aromatic rings. The van der Waals surface area contributed by atoms with E-state index in [2.05, 4.69) is 10.1 Å². The average molecular weight is 161 g/mol. The van der Waals surface area contributed by atoms with Crippen molar-refractivity contribution in [2.45, 2.75) is 6.10 Å². The van der Waals surface area contributed by atoms with Gasteiger partial charge in [0, 0.05) is 18.5 Å². The van der Waals surface area contributed by atoms with Crippen molar-refractivity contribution in [2.24, 2.45) is 0 Å².